The van der Waals surface area contributed by atoms with E-state index in [1.807, 2.05) is 73.8 Å². The van der Waals surface area contributed by atoms with Gasteiger partial charge in [-0.2, -0.15) is 14.6 Å². The zero-order valence-electron chi connectivity index (χ0n) is 20.4. The van der Waals surface area contributed by atoms with Crippen molar-refractivity contribution in [1.29, 1.82) is 0 Å². The SMILES string of the molecule is CCCOc1ccc(-c2nn(-c3ccccc3)cc2/C=c2\sc3nc(-c4ccccc4)nn3c2=O)cc1F. The van der Waals surface area contributed by atoms with Crippen LogP contribution in [0.25, 0.3) is 39.4 Å². The second kappa shape index (κ2) is 10.0. The minimum absolute atomic E-state index is 0.199. The standard InChI is InChI=1S/C29H22FN5O2S/c1-2-15-37-24-14-13-20(16-23(24)30)26-21(18-34(32-26)22-11-7-4-8-12-22)17-25-28(36)35-29(38-25)31-27(33-35)19-9-5-3-6-10-19/h3-14,16-18H,2,15H2,1H3/b25-17-. The van der Waals surface area contributed by atoms with Crippen molar-refractivity contribution in [3.8, 4) is 34.1 Å². The Morgan fingerprint density at radius 2 is 1.74 bits per heavy atom. The molecule has 0 N–H and O–H groups in total. The van der Waals surface area contributed by atoms with Crippen LogP contribution in [0.2, 0.25) is 0 Å². The number of benzene rings is 3. The van der Waals surface area contributed by atoms with E-state index in [4.69, 9.17) is 9.84 Å². The van der Waals surface area contributed by atoms with E-state index in [0.29, 0.717) is 38.7 Å². The molecular weight excluding hydrogens is 501 g/mol. The van der Waals surface area contributed by atoms with E-state index in [2.05, 4.69) is 10.1 Å². The Bertz CT molecular complexity index is 1850. The number of aromatic nitrogens is 5. The Kier molecular flexibility index (Phi) is 6.27. The van der Waals surface area contributed by atoms with Crippen molar-refractivity contribution in [3.63, 3.8) is 0 Å². The van der Waals surface area contributed by atoms with Crippen LogP contribution in [0.15, 0.2) is 89.9 Å². The van der Waals surface area contributed by atoms with E-state index in [0.717, 1.165) is 17.7 Å². The Morgan fingerprint density at radius 3 is 2.45 bits per heavy atom. The van der Waals surface area contributed by atoms with Crippen molar-refractivity contribution in [2.75, 3.05) is 6.61 Å². The molecule has 38 heavy (non-hydrogen) atoms. The molecule has 6 rings (SSSR count). The monoisotopic (exact) mass is 523 g/mol. The lowest BCUT2D eigenvalue weighted by Crippen LogP contribution is -2.23. The van der Waals surface area contributed by atoms with E-state index in [9.17, 15) is 9.18 Å². The Morgan fingerprint density at radius 1 is 0.974 bits per heavy atom. The van der Waals surface area contributed by atoms with Crippen LogP contribution in [0, 0.1) is 5.82 Å². The van der Waals surface area contributed by atoms with E-state index in [1.165, 1.54) is 21.9 Å². The van der Waals surface area contributed by atoms with Gasteiger partial charge in [0, 0.05) is 22.9 Å². The highest BCUT2D eigenvalue weighted by Crippen LogP contribution is 2.29. The highest BCUT2D eigenvalue weighted by Gasteiger charge is 2.16. The summed E-state index contributed by atoms with van der Waals surface area (Å²) in [5.41, 5.74) is 3.19. The molecule has 0 aliphatic rings. The predicted molar refractivity (Wildman–Crippen MR) is 146 cm³/mol. The first kappa shape index (κ1) is 23.7. The molecule has 3 aromatic carbocycles. The zero-order chi connectivity index (χ0) is 26.1. The fourth-order valence-electron chi connectivity index (χ4n) is 4.09. The van der Waals surface area contributed by atoms with Crippen LogP contribution < -0.4 is 14.8 Å². The Hall–Kier alpha value is -4.63. The second-order valence-corrected chi connectivity index (χ2v) is 9.63. The van der Waals surface area contributed by atoms with Crippen LogP contribution in [0.3, 0.4) is 0 Å². The van der Waals surface area contributed by atoms with Gasteiger partial charge in [-0.05, 0) is 42.8 Å². The molecule has 0 unspecified atom stereocenters. The van der Waals surface area contributed by atoms with Gasteiger partial charge >= 0.3 is 0 Å². The topological polar surface area (TPSA) is 74.3 Å². The number of para-hydroxylation sites is 1. The third-order valence-electron chi connectivity index (χ3n) is 5.93. The highest BCUT2D eigenvalue weighted by atomic mass is 32.1. The lowest BCUT2D eigenvalue weighted by atomic mass is 10.1. The average Bonchev–Trinajstić information content (AvgIpc) is 3.64. The minimum atomic E-state index is -0.465. The van der Waals surface area contributed by atoms with Crippen molar-refractivity contribution in [2.45, 2.75) is 13.3 Å². The molecule has 7 nitrogen and oxygen atoms in total. The molecule has 188 valence electrons. The molecule has 6 aromatic rings. The second-order valence-electron chi connectivity index (χ2n) is 8.62. The molecule has 3 aromatic heterocycles. The summed E-state index contributed by atoms with van der Waals surface area (Å²) in [4.78, 5) is 18.3. The van der Waals surface area contributed by atoms with Crippen molar-refractivity contribution >= 4 is 22.4 Å². The first-order chi connectivity index (χ1) is 18.6. The summed E-state index contributed by atoms with van der Waals surface area (Å²) in [7, 11) is 0. The third-order valence-corrected chi connectivity index (χ3v) is 6.89. The van der Waals surface area contributed by atoms with Gasteiger partial charge in [0.1, 0.15) is 5.69 Å². The molecular formula is C29H22FN5O2S. The van der Waals surface area contributed by atoms with E-state index < -0.39 is 5.82 Å². The molecule has 0 saturated heterocycles. The van der Waals surface area contributed by atoms with Crippen LogP contribution in [-0.2, 0) is 0 Å². The summed E-state index contributed by atoms with van der Waals surface area (Å²) >= 11 is 1.25. The molecule has 0 fully saturated rings. The molecule has 3 heterocycles. The molecule has 0 saturated carbocycles. The Labute approximate surface area is 221 Å². The van der Waals surface area contributed by atoms with Gasteiger partial charge in [0.15, 0.2) is 17.4 Å². The van der Waals surface area contributed by atoms with Gasteiger partial charge in [0.05, 0.1) is 16.8 Å². The largest absolute Gasteiger partial charge is 0.491 e. The number of nitrogens with zero attached hydrogens (tertiary/aromatic N) is 5. The van der Waals surface area contributed by atoms with Crippen LogP contribution in [0.5, 0.6) is 5.75 Å². The van der Waals surface area contributed by atoms with E-state index >= 15 is 0 Å². The first-order valence-corrected chi connectivity index (χ1v) is 13.0. The molecule has 9 heteroatoms. The lowest BCUT2D eigenvalue weighted by molar-refractivity contribution is 0.301. The molecule has 0 aliphatic heterocycles. The lowest BCUT2D eigenvalue weighted by Gasteiger charge is -2.07. The average molecular weight is 524 g/mol. The summed E-state index contributed by atoms with van der Waals surface area (Å²) in [6, 6.07) is 23.9. The summed E-state index contributed by atoms with van der Waals surface area (Å²) in [5, 5.41) is 9.17. The van der Waals surface area contributed by atoms with Gasteiger partial charge in [-0.15, -0.1) is 5.10 Å². The number of hydrogen-bond acceptors (Lipinski definition) is 6. The number of rotatable bonds is 7. The number of fused-ring (bicyclic) bond motifs is 1. The molecule has 0 amide bonds. The summed E-state index contributed by atoms with van der Waals surface area (Å²) < 4.78 is 23.8. The maximum absolute atomic E-state index is 14.8. The number of ether oxygens (including phenoxy) is 1. The van der Waals surface area contributed by atoms with Crippen molar-refractivity contribution < 1.29 is 9.13 Å². The first-order valence-electron chi connectivity index (χ1n) is 12.2. The van der Waals surface area contributed by atoms with Crippen molar-refractivity contribution in [2.24, 2.45) is 0 Å². The van der Waals surface area contributed by atoms with Gasteiger partial charge in [0.25, 0.3) is 5.56 Å². The van der Waals surface area contributed by atoms with Gasteiger partial charge < -0.3 is 4.74 Å². The zero-order valence-corrected chi connectivity index (χ0v) is 21.2. The van der Waals surface area contributed by atoms with Crippen LogP contribution in [0.4, 0.5) is 4.39 Å². The maximum Gasteiger partial charge on any atom is 0.291 e. The summed E-state index contributed by atoms with van der Waals surface area (Å²) in [5.74, 6) is 0.233. The fraction of sp³-hybridized carbons (Fsp3) is 0.103. The number of thiazole rings is 1. The Balaban J connectivity index is 1.46. The van der Waals surface area contributed by atoms with Gasteiger partial charge in [-0.1, -0.05) is 66.8 Å². The van der Waals surface area contributed by atoms with E-state index in [1.54, 1.807) is 22.9 Å². The van der Waals surface area contributed by atoms with E-state index in [-0.39, 0.29) is 11.3 Å². The molecule has 0 aliphatic carbocycles. The molecule has 0 spiro atoms. The molecule has 0 atom stereocenters. The van der Waals surface area contributed by atoms with Gasteiger partial charge in [0.2, 0.25) is 4.96 Å². The highest BCUT2D eigenvalue weighted by molar-refractivity contribution is 7.15. The van der Waals surface area contributed by atoms with Gasteiger partial charge in [-0.3, -0.25) is 4.79 Å². The van der Waals surface area contributed by atoms with Crippen LogP contribution >= 0.6 is 11.3 Å². The van der Waals surface area contributed by atoms with Gasteiger partial charge in [-0.25, -0.2) is 9.07 Å². The number of hydrogen-bond donors (Lipinski definition) is 0. The maximum atomic E-state index is 14.8. The van der Waals surface area contributed by atoms with Crippen LogP contribution in [0.1, 0.15) is 18.9 Å². The minimum Gasteiger partial charge on any atom is -0.491 e. The summed E-state index contributed by atoms with van der Waals surface area (Å²) in [6.45, 7) is 2.40. The summed E-state index contributed by atoms with van der Waals surface area (Å²) in [6.07, 6.45) is 4.37. The number of halogens is 1. The van der Waals surface area contributed by atoms with Crippen LogP contribution in [-0.4, -0.2) is 31.0 Å². The molecule has 0 bridgehead atoms. The van der Waals surface area contributed by atoms with Crippen molar-refractivity contribution in [1.82, 2.24) is 24.4 Å². The third kappa shape index (κ3) is 4.48. The normalized spacial score (nSPS) is 11.9. The fourth-order valence-corrected chi connectivity index (χ4v) is 4.99. The van der Waals surface area contributed by atoms with Crippen molar-refractivity contribution in [3.05, 3.63) is 111 Å². The smallest absolute Gasteiger partial charge is 0.291 e. The predicted octanol–water partition coefficient (Wildman–Crippen LogP) is 5.15. The quantitative estimate of drug-likeness (QED) is 0.290. The molecule has 0 radical (unpaired) electrons.